The zero-order valence-corrected chi connectivity index (χ0v) is 13.7. The van der Waals surface area contributed by atoms with Gasteiger partial charge in [0.05, 0.1) is 12.1 Å². The summed E-state index contributed by atoms with van der Waals surface area (Å²) in [6.45, 7) is 3.03. The highest BCUT2D eigenvalue weighted by molar-refractivity contribution is 7.98. The smallest absolute Gasteiger partial charge is 0.191 e. The summed E-state index contributed by atoms with van der Waals surface area (Å²) in [6, 6.07) is 2.03. The Morgan fingerprint density at radius 3 is 2.76 bits per heavy atom. The van der Waals surface area contributed by atoms with Crippen LogP contribution in [0.4, 0.5) is 11.6 Å². The Morgan fingerprint density at radius 2 is 2.00 bits per heavy atom. The van der Waals surface area contributed by atoms with Crippen LogP contribution in [0.15, 0.2) is 11.2 Å². The molecule has 3 N–H and O–H groups in total. The number of rotatable bonds is 6. The minimum absolute atomic E-state index is 0.0936. The molecule has 1 aromatic rings. The molecule has 1 saturated carbocycles. The minimum Gasteiger partial charge on any atom is -0.391 e. The molecule has 0 spiro atoms. The number of nitrogens with one attached hydrogen (secondary N) is 2. The summed E-state index contributed by atoms with van der Waals surface area (Å²) in [6.07, 6.45) is 8.10. The maximum Gasteiger partial charge on any atom is 0.191 e. The number of aliphatic hydroxyl groups is 1. The van der Waals surface area contributed by atoms with Gasteiger partial charge >= 0.3 is 0 Å². The third-order valence-electron chi connectivity index (χ3n) is 3.76. The van der Waals surface area contributed by atoms with E-state index in [0.717, 1.165) is 55.4 Å². The van der Waals surface area contributed by atoms with E-state index in [1.807, 2.05) is 12.3 Å². The first-order valence-corrected chi connectivity index (χ1v) is 9.07. The average Bonchev–Trinajstić information content (AvgIpc) is 2.70. The van der Waals surface area contributed by atoms with Crippen molar-refractivity contribution in [3.8, 4) is 0 Å². The molecule has 0 amide bonds. The molecule has 2 unspecified atom stereocenters. The van der Waals surface area contributed by atoms with Gasteiger partial charge in [0.2, 0.25) is 0 Å². The normalized spacial score (nSPS) is 22.6. The van der Waals surface area contributed by atoms with Crippen molar-refractivity contribution in [2.75, 3.05) is 23.4 Å². The number of hydrogen-bond donors (Lipinski definition) is 3. The molecule has 1 heterocycles. The minimum atomic E-state index is -0.285. The van der Waals surface area contributed by atoms with Crippen LogP contribution < -0.4 is 10.6 Å². The van der Waals surface area contributed by atoms with Crippen LogP contribution in [0.1, 0.15) is 45.4 Å². The first kappa shape index (κ1) is 16.4. The fraction of sp³-hybridized carbons (Fsp3) is 0.733. The first-order valence-electron chi connectivity index (χ1n) is 7.84. The van der Waals surface area contributed by atoms with Gasteiger partial charge in [-0.1, -0.05) is 37.9 Å². The molecule has 1 aromatic heterocycles. The Balaban J connectivity index is 2.09. The third-order valence-corrected chi connectivity index (χ3v) is 4.30. The number of anilines is 2. The monoisotopic (exact) mass is 310 g/mol. The van der Waals surface area contributed by atoms with E-state index in [9.17, 15) is 5.11 Å². The maximum atomic E-state index is 10.2. The topological polar surface area (TPSA) is 70.1 Å². The zero-order valence-electron chi connectivity index (χ0n) is 12.9. The highest BCUT2D eigenvalue weighted by atomic mass is 32.2. The Morgan fingerprint density at radius 1 is 1.24 bits per heavy atom. The molecule has 5 nitrogen and oxygen atoms in total. The number of aromatic nitrogens is 2. The van der Waals surface area contributed by atoms with Crippen LogP contribution in [0.25, 0.3) is 0 Å². The molecular formula is C15H26N4OS. The molecular weight excluding hydrogens is 284 g/mol. The average molecular weight is 310 g/mol. The molecule has 2 atom stereocenters. The lowest BCUT2D eigenvalue weighted by Crippen LogP contribution is -2.32. The van der Waals surface area contributed by atoms with Gasteiger partial charge in [-0.05, 0) is 25.5 Å². The van der Waals surface area contributed by atoms with Crippen LogP contribution in [0.2, 0.25) is 0 Å². The summed E-state index contributed by atoms with van der Waals surface area (Å²) in [5, 5.41) is 17.7. The lowest BCUT2D eigenvalue weighted by molar-refractivity contribution is 0.144. The fourth-order valence-corrected chi connectivity index (χ4v) is 2.96. The van der Waals surface area contributed by atoms with Crippen molar-refractivity contribution in [1.82, 2.24) is 9.97 Å². The fourth-order valence-electron chi connectivity index (χ4n) is 2.58. The van der Waals surface area contributed by atoms with Gasteiger partial charge in [-0.3, -0.25) is 0 Å². The van der Waals surface area contributed by atoms with Gasteiger partial charge in [-0.25, -0.2) is 9.97 Å². The molecule has 0 aromatic carbocycles. The van der Waals surface area contributed by atoms with Gasteiger partial charge in [0, 0.05) is 12.6 Å². The zero-order chi connectivity index (χ0) is 15.1. The van der Waals surface area contributed by atoms with Gasteiger partial charge in [0.25, 0.3) is 0 Å². The summed E-state index contributed by atoms with van der Waals surface area (Å²) in [7, 11) is 0. The maximum absolute atomic E-state index is 10.2. The van der Waals surface area contributed by atoms with Crippen LogP contribution in [0, 0.1) is 0 Å². The molecule has 21 heavy (non-hydrogen) atoms. The summed E-state index contributed by atoms with van der Waals surface area (Å²) in [4.78, 5) is 8.97. The number of aliphatic hydroxyl groups excluding tert-OH is 1. The first-order chi connectivity index (χ1) is 10.2. The second-order valence-corrected chi connectivity index (χ2v) is 6.28. The molecule has 1 aliphatic carbocycles. The Hall–Kier alpha value is -1.01. The molecule has 0 aliphatic heterocycles. The van der Waals surface area contributed by atoms with E-state index < -0.39 is 0 Å². The van der Waals surface area contributed by atoms with Crippen molar-refractivity contribution in [3.05, 3.63) is 6.07 Å². The molecule has 1 fully saturated rings. The van der Waals surface area contributed by atoms with E-state index in [2.05, 4.69) is 27.5 Å². The quantitative estimate of drug-likeness (QED) is 0.426. The number of hydrogen-bond acceptors (Lipinski definition) is 6. The van der Waals surface area contributed by atoms with Gasteiger partial charge in [0.15, 0.2) is 5.16 Å². The molecule has 0 saturated heterocycles. The van der Waals surface area contributed by atoms with E-state index in [-0.39, 0.29) is 12.1 Å². The summed E-state index contributed by atoms with van der Waals surface area (Å²) in [5.74, 6) is 1.65. The van der Waals surface area contributed by atoms with Gasteiger partial charge < -0.3 is 15.7 Å². The highest BCUT2D eigenvalue weighted by Gasteiger charge is 2.22. The highest BCUT2D eigenvalue weighted by Crippen LogP contribution is 2.23. The Bertz CT molecular complexity index is 444. The Labute approximate surface area is 131 Å². The van der Waals surface area contributed by atoms with E-state index in [0.29, 0.717) is 0 Å². The van der Waals surface area contributed by atoms with Gasteiger partial charge in [-0.15, -0.1) is 0 Å². The van der Waals surface area contributed by atoms with Crippen molar-refractivity contribution in [1.29, 1.82) is 0 Å². The summed E-state index contributed by atoms with van der Waals surface area (Å²) >= 11 is 1.53. The number of nitrogens with zero attached hydrogens (tertiary/aromatic N) is 2. The lowest BCUT2D eigenvalue weighted by Gasteiger charge is -2.22. The van der Waals surface area contributed by atoms with Crippen molar-refractivity contribution < 1.29 is 5.11 Å². The van der Waals surface area contributed by atoms with Gasteiger partial charge in [0.1, 0.15) is 11.6 Å². The number of thioether (sulfide) groups is 1. The largest absolute Gasteiger partial charge is 0.391 e. The van der Waals surface area contributed by atoms with E-state index in [4.69, 9.17) is 0 Å². The van der Waals surface area contributed by atoms with E-state index in [1.54, 1.807) is 0 Å². The second kappa shape index (κ2) is 8.44. The van der Waals surface area contributed by atoms with Crippen molar-refractivity contribution in [2.45, 2.75) is 62.8 Å². The molecule has 6 heteroatoms. The molecule has 2 rings (SSSR count). The summed E-state index contributed by atoms with van der Waals surface area (Å²) < 4.78 is 0. The summed E-state index contributed by atoms with van der Waals surface area (Å²) in [5.41, 5.74) is 0. The molecule has 0 radical (unpaired) electrons. The van der Waals surface area contributed by atoms with Gasteiger partial charge in [-0.2, -0.15) is 0 Å². The van der Waals surface area contributed by atoms with Crippen LogP contribution >= 0.6 is 11.8 Å². The second-order valence-electron chi connectivity index (χ2n) is 5.51. The van der Waals surface area contributed by atoms with Crippen molar-refractivity contribution in [3.63, 3.8) is 0 Å². The lowest BCUT2D eigenvalue weighted by atomic mass is 10.1. The van der Waals surface area contributed by atoms with Crippen LogP contribution in [0.3, 0.4) is 0 Å². The SMILES string of the molecule is CCCNc1cc(NC2CCCCCC2O)nc(SC)n1. The van der Waals surface area contributed by atoms with Crippen LogP contribution in [-0.2, 0) is 0 Å². The molecule has 1 aliphatic rings. The van der Waals surface area contributed by atoms with Crippen LogP contribution in [-0.4, -0.2) is 40.0 Å². The molecule has 0 bridgehead atoms. The van der Waals surface area contributed by atoms with Crippen molar-refractivity contribution >= 4 is 23.4 Å². The standard InChI is InChI=1S/C15H26N4OS/c1-3-9-16-13-10-14(19-15(18-13)21-2)17-11-7-5-4-6-8-12(11)20/h10-12,20H,3-9H2,1-2H3,(H2,16,17,18,19). The predicted molar refractivity (Wildman–Crippen MR) is 89.1 cm³/mol. The van der Waals surface area contributed by atoms with Crippen molar-refractivity contribution in [2.24, 2.45) is 0 Å². The molecule has 118 valence electrons. The van der Waals surface area contributed by atoms with E-state index >= 15 is 0 Å². The van der Waals surface area contributed by atoms with Crippen LogP contribution in [0.5, 0.6) is 0 Å². The van der Waals surface area contributed by atoms with E-state index in [1.165, 1.54) is 18.2 Å². The third kappa shape index (κ3) is 5.04. The Kier molecular flexibility index (Phi) is 6.57. The predicted octanol–water partition coefficient (Wildman–Crippen LogP) is 3.13.